The molecule has 30 heavy (non-hydrogen) atoms. The molecule has 2 N–H and O–H groups in total. The molecule has 0 fully saturated rings. The lowest BCUT2D eigenvalue weighted by Crippen LogP contribution is -2.53. The minimum absolute atomic E-state index is 0.109. The first-order valence-corrected chi connectivity index (χ1v) is 9.91. The molecule has 0 bridgehead atoms. The summed E-state index contributed by atoms with van der Waals surface area (Å²) in [5.74, 6) is -0.411. The second-order valence-electron chi connectivity index (χ2n) is 9.17. The molecule has 162 valence electrons. The molecule has 0 aliphatic rings. The normalized spacial score (nSPS) is 11.7. The fourth-order valence-corrected chi connectivity index (χ4v) is 2.90. The van der Waals surface area contributed by atoms with Gasteiger partial charge in [0, 0.05) is 11.1 Å². The predicted octanol–water partition coefficient (Wildman–Crippen LogP) is 3.37. The fourth-order valence-electron chi connectivity index (χ4n) is 2.90. The molecule has 0 unspecified atom stereocenters. The molecule has 0 spiro atoms. The summed E-state index contributed by atoms with van der Waals surface area (Å²) in [6, 6.07) is 10.1. The van der Waals surface area contributed by atoms with Gasteiger partial charge in [-0.15, -0.1) is 0 Å². The maximum Gasteiger partial charge on any atom is 0.255 e. The number of carbonyl (C=O) groups is 3. The molecule has 0 atom stereocenters. The molecule has 1 aromatic carbocycles. The number of furan rings is 1. The van der Waals surface area contributed by atoms with Crippen molar-refractivity contribution in [3.05, 3.63) is 59.5 Å². The lowest BCUT2D eigenvalue weighted by atomic mass is 10.00. The molecular formula is C23H31N3O4. The molecule has 1 heterocycles. The van der Waals surface area contributed by atoms with Crippen LogP contribution in [-0.2, 0) is 11.3 Å². The van der Waals surface area contributed by atoms with Gasteiger partial charge in [-0.25, -0.2) is 0 Å². The third kappa shape index (κ3) is 6.47. The zero-order valence-electron chi connectivity index (χ0n) is 18.5. The molecule has 0 saturated carbocycles. The Morgan fingerprint density at radius 3 is 2.10 bits per heavy atom. The van der Waals surface area contributed by atoms with E-state index in [1.54, 1.807) is 36.4 Å². The average Bonchev–Trinajstić information content (AvgIpc) is 3.15. The van der Waals surface area contributed by atoms with E-state index in [1.807, 2.05) is 41.5 Å². The van der Waals surface area contributed by atoms with Crippen LogP contribution < -0.4 is 10.6 Å². The summed E-state index contributed by atoms with van der Waals surface area (Å²) in [6.07, 6.45) is 1.53. The fraction of sp³-hybridized carbons (Fsp3) is 0.435. The van der Waals surface area contributed by atoms with Gasteiger partial charge in [-0.2, -0.15) is 0 Å². The Hall–Kier alpha value is -3.09. The van der Waals surface area contributed by atoms with Crippen LogP contribution in [0.25, 0.3) is 0 Å². The van der Waals surface area contributed by atoms with Crippen LogP contribution in [0.4, 0.5) is 0 Å². The van der Waals surface area contributed by atoms with Crippen molar-refractivity contribution in [2.45, 2.75) is 59.2 Å². The van der Waals surface area contributed by atoms with Crippen LogP contribution in [0.5, 0.6) is 0 Å². The predicted molar refractivity (Wildman–Crippen MR) is 115 cm³/mol. The van der Waals surface area contributed by atoms with E-state index in [2.05, 4.69) is 10.6 Å². The number of nitrogens with zero attached hydrogens (tertiary/aromatic N) is 1. The van der Waals surface area contributed by atoms with Crippen LogP contribution in [0.15, 0.2) is 47.1 Å². The minimum Gasteiger partial charge on any atom is -0.467 e. The van der Waals surface area contributed by atoms with Crippen LogP contribution in [-0.4, -0.2) is 40.2 Å². The topological polar surface area (TPSA) is 91.7 Å². The van der Waals surface area contributed by atoms with Crippen molar-refractivity contribution in [1.82, 2.24) is 15.5 Å². The molecule has 0 aliphatic carbocycles. The Kier molecular flexibility index (Phi) is 7.08. The third-order valence-electron chi connectivity index (χ3n) is 4.28. The maximum atomic E-state index is 13.4. The molecular weight excluding hydrogens is 382 g/mol. The van der Waals surface area contributed by atoms with Gasteiger partial charge in [-0.3, -0.25) is 14.4 Å². The van der Waals surface area contributed by atoms with Crippen molar-refractivity contribution in [2.24, 2.45) is 0 Å². The first kappa shape index (κ1) is 23.2. The summed E-state index contributed by atoms with van der Waals surface area (Å²) in [6.45, 7) is 11.3. The number of hydrogen-bond acceptors (Lipinski definition) is 4. The van der Waals surface area contributed by atoms with E-state index in [0.29, 0.717) is 5.76 Å². The Bertz CT molecular complexity index is 890. The quantitative estimate of drug-likeness (QED) is 0.760. The van der Waals surface area contributed by atoms with E-state index in [0.717, 1.165) is 0 Å². The van der Waals surface area contributed by atoms with Crippen molar-refractivity contribution in [3.63, 3.8) is 0 Å². The second-order valence-corrected chi connectivity index (χ2v) is 9.17. The molecule has 0 saturated heterocycles. The van der Waals surface area contributed by atoms with Gasteiger partial charge in [0.1, 0.15) is 12.3 Å². The number of hydrogen-bond donors (Lipinski definition) is 2. The monoisotopic (exact) mass is 413 g/mol. The van der Waals surface area contributed by atoms with Crippen LogP contribution >= 0.6 is 0 Å². The van der Waals surface area contributed by atoms with Gasteiger partial charge in [-0.05, 0) is 65.8 Å². The molecule has 0 radical (unpaired) electrons. The van der Waals surface area contributed by atoms with Gasteiger partial charge in [0.25, 0.3) is 11.8 Å². The highest BCUT2D eigenvalue weighted by Gasteiger charge is 2.32. The van der Waals surface area contributed by atoms with Crippen molar-refractivity contribution in [2.75, 3.05) is 6.54 Å². The van der Waals surface area contributed by atoms with E-state index >= 15 is 0 Å². The molecule has 2 rings (SSSR count). The highest BCUT2D eigenvalue weighted by Crippen LogP contribution is 2.20. The maximum absolute atomic E-state index is 13.4. The Morgan fingerprint density at radius 2 is 1.57 bits per heavy atom. The van der Waals surface area contributed by atoms with E-state index in [4.69, 9.17) is 4.42 Å². The SMILES string of the molecule is CC(C)(C)NC(=O)CN(C(=O)c1ccccc1C(=O)NCc1ccco1)C(C)(C)C. The first-order valence-electron chi connectivity index (χ1n) is 9.91. The number of rotatable bonds is 6. The summed E-state index contributed by atoms with van der Waals surface area (Å²) < 4.78 is 5.23. The highest BCUT2D eigenvalue weighted by molar-refractivity contribution is 6.08. The van der Waals surface area contributed by atoms with Gasteiger partial charge in [0.2, 0.25) is 5.91 Å². The number of carbonyl (C=O) groups excluding carboxylic acids is 3. The van der Waals surface area contributed by atoms with Crippen LogP contribution in [0, 0.1) is 0 Å². The smallest absolute Gasteiger partial charge is 0.255 e. The lowest BCUT2D eigenvalue weighted by Gasteiger charge is -2.36. The molecule has 0 aliphatic heterocycles. The Labute approximate surface area is 177 Å². The summed E-state index contributed by atoms with van der Waals surface area (Å²) in [4.78, 5) is 40.1. The highest BCUT2D eigenvalue weighted by atomic mass is 16.3. The van der Waals surface area contributed by atoms with Crippen molar-refractivity contribution in [3.8, 4) is 0 Å². The lowest BCUT2D eigenvalue weighted by molar-refractivity contribution is -0.124. The van der Waals surface area contributed by atoms with Gasteiger partial charge in [0.15, 0.2) is 0 Å². The summed E-state index contributed by atoms with van der Waals surface area (Å²) in [7, 11) is 0. The molecule has 7 heteroatoms. The van der Waals surface area contributed by atoms with E-state index in [1.165, 1.54) is 11.2 Å². The van der Waals surface area contributed by atoms with E-state index < -0.39 is 11.1 Å². The van der Waals surface area contributed by atoms with E-state index in [9.17, 15) is 14.4 Å². The average molecular weight is 414 g/mol. The summed E-state index contributed by atoms with van der Waals surface area (Å²) in [5.41, 5.74) is -0.537. The number of nitrogens with one attached hydrogen (secondary N) is 2. The van der Waals surface area contributed by atoms with Crippen LogP contribution in [0.1, 0.15) is 68.0 Å². The van der Waals surface area contributed by atoms with Crippen molar-refractivity contribution < 1.29 is 18.8 Å². The van der Waals surface area contributed by atoms with Crippen LogP contribution in [0.2, 0.25) is 0 Å². The van der Waals surface area contributed by atoms with Crippen molar-refractivity contribution in [1.29, 1.82) is 0 Å². The Balaban J connectivity index is 2.25. The van der Waals surface area contributed by atoms with Gasteiger partial charge >= 0.3 is 0 Å². The van der Waals surface area contributed by atoms with Crippen LogP contribution in [0.3, 0.4) is 0 Å². The second kappa shape index (κ2) is 9.15. The van der Waals surface area contributed by atoms with Gasteiger partial charge in [0.05, 0.1) is 23.9 Å². The van der Waals surface area contributed by atoms with Crippen molar-refractivity contribution >= 4 is 17.7 Å². The van der Waals surface area contributed by atoms with Gasteiger partial charge < -0.3 is 20.0 Å². The molecule has 3 amide bonds. The molecule has 2 aromatic rings. The summed E-state index contributed by atoms with van der Waals surface area (Å²) in [5, 5.41) is 5.64. The number of benzene rings is 1. The largest absolute Gasteiger partial charge is 0.467 e. The van der Waals surface area contributed by atoms with E-state index in [-0.39, 0.29) is 41.9 Å². The minimum atomic E-state index is -0.621. The zero-order valence-corrected chi connectivity index (χ0v) is 18.5. The van der Waals surface area contributed by atoms with Gasteiger partial charge in [-0.1, -0.05) is 12.1 Å². The summed E-state index contributed by atoms with van der Waals surface area (Å²) >= 11 is 0. The molecule has 1 aromatic heterocycles. The molecule has 7 nitrogen and oxygen atoms in total. The Morgan fingerprint density at radius 1 is 0.933 bits per heavy atom. The first-order chi connectivity index (χ1) is 13.9. The number of amides is 3. The third-order valence-corrected chi connectivity index (χ3v) is 4.28. The standard InChI is InChI=1S/C23H31N3O4/c1-22(2,3)25-19(27)15-26(23(4,5)6)21(29)18-12-8-7-11-17(18)20(28)24-14-16-10-9-13-30-16/h7-13H,14-15H2,1-6H3,(H,24,28)(H,25,27). The zero-order chi connectivity index (χ0) is 22.5.